The number of urea groups is 1. The van der Waals surface area contributed by atoms with Gasteiger partial charge in [-0.3, -0.25) is 4.90 Å². The molecule has 2 heterocycles. The monoisotopic (exact) mass is 340 g/mol. The molecule has 2 aromatic rings. The highest BCUT2D eigenvalue weighted by Crippen LogP contribution is 2.20. The number of rotatable bonds is 3. The Balaban J connectivity index is 1.49. The van der Waals surface area contributed by atoms with Crippen molar-refractivity contribution in [1.82, 2.24) is 9.80 Å². The van der Waals surface area contributed by atoms with Crippen molar-refractivity contribution >= 4 is 23.1 Å². The summed E-state index contributed by atoms with van der Waals surface area (Å²) in [4.78, 5) is 16.5. The maximum absolute atomic E-state index is 12.3. The van der Waals surface area contributed by atoms with Gasteiger partial charge in [-0.05, 0) is 35.6 Å². The molecule has 1 aliphatic heterocycles. The zero-order chi connectivity index (χ0) is 16.9. The summed E-state index contributed by atoms with van der Waals surface area (Å²) in [5.41, 5.74) is 3.89. The van der Waals surface area contributed by atoms with Crippen LogP contribution in [-0.4, -0.2) is 42.0 Å². The molecule has 1 N–H and O–H groups in total. The molecule has 0 radical (unpaired) electrons. The van der Waals surface area contributed by atoms with E-state index in [0.717, 1.165) is 44.0 Å². The molecular weight excluding hydrogens is 320 g/mol. The van der Waals surface area contributed by atoms with Gasteiger partial charge in [-0.2, -0.15) is 5.26 Å². The number of thiophene rings is 1. The second kappa shape index (κ2) is 7.47. The number of hydrogen-bond acceptors (Lipinski definition) is 4. The van der Waals surface area contributed by atoms with E-state index in [2.05, 4.69) is 16.3 Å². The molecule has 0 aliphatic carbocycles. The van der Waals surface area contributed by atoms with Crippen molar-refractivity contribution in [3.05, 3.63) is 51.7 Å². The first kappa shape index (κ1) is 16.5. The number of anilines is 1. The highest BCUT2D eigenvalue weighted by atomic mass is 32.1. The summed E-state index contributed by atoms with van der Waals surface area (Å²) in [6.07, 6.45) is 0. The van der Waals surface area contributed by atoms with Crippen LogP contribution in [0.25, 0.3) is 0 Å². The quantitative estimate of drug-likeness (QED) is 0.933. The molecule has 0 unspecified atom stereocenters. The largest absolute Gasteiger partial charge is 0.322 e. The summed E-state index contributed by atoms with van der Waals surface area (Å²) in [6.45, 7) is 6.02. The van der Waals surface area contributed by atoms with E-state index in [0.29, 0.717) is 5.56 Å². The Hall–Kier alpha value is -2.36. The summed E-state index contributed by atoms with van der Waals surface area (Å²) in [7, 11) is 0. The molecule has 0 bridgehead atoms. The highest BCUT2D eigenvalue weighted by Gasteiger charge is 2.21. The number of piperazine rings is 1. The van der Waals surface area contributed by atoms with Crippen LogP contribution in [-0.2, 0) is 6.54 Å². The molecule has 5 nitrogen and oxygen atoms in total. The molecule has 124 valence electrons. The Morgan fingerprint density at radius 3 is 2.50 bits per heavy atom. The van der Waals surface area contributed by atoms with Crippen LogP contribution in [0.4, 0.5) is 10.5 Å². The lowest BCUT2D eigenvalue weighted by atomic mass is 10.1. The van der Waals surface area contributed by atoms with Crippen LogP contribution in [0.3, 0.4) is 0 Å². The van der Waals surface area contributed by atoms with Gasteiger partial charge in [0, 0.05) is 38.1 Å². The minimum Gasteiger partial charge on any atom is -0.322 e. The van der Waals surface area contributed by atoms with Gasteiger partial charge >= 0.3 is 6.03 Å². The Bertz CT molecular complexity index is 739. The molecule has 0 spiro atoms. The van der Waals surface area contributed by atoms with E-state index in [1.54, 1.807) is 11.3 Å². The molecular formula is C18H20N4OS. The van der Waals surface area contributed by atoms with Gasteiger partial charge in [0.25, 0.3) is 0 Å². The fraction of sp³-hybridized carbons (Fsp3) is 0.333. The Morgan fingerprint density at radius 1 is 1.21 bits per heavy atom. The third-order valence-electron chi connectivity index (χ3n) is 4.25. The fourth-order valence-corrected chi connectivity index (χ4v) is 3.51. The van der Waals surface area contributed by atoms with Crippen molar-refractivity contribution in [2.45, 2.75) is 13.5 Å². The standard InChI is InChI=1S/C18H20N4OS/c1-14-12-24-13-17(14)20-18(23)22-8-6-21(7-9-22)11-16-4-2-15(10-19)3-5-16/h2-5,12-13H,6-9,11H2,1H3,(H,20,23). The first-order valence-corrected chi connectivity index (χ1v) is 8.90. The van der Waals surface area contributed by atoms with E-state index in [4.69, 9.17) is 5.26 Å². The lowest BCUT2D eigenvalue weighted by Gasteiger charge is -2.34. The van der Waals surface area contributed by atoms with Gasteiger partial charge in [0.05, 0.1) is 17.3 Å². The molecule has 1 aromatic carbocycles. The van der Waals surface area contributed by atoms with Crippen molar-refractivity contribution in [2.75, 3.05) is 31.5 Å². The van der Waals surface area contributed by atoms with E-state index < -0.39 is 0 Å². The van der Waals surface area contributed by atoms with E-state index >= 15 is 0 Å². The smallest absolute Gasteiger partial charge is 0.321 e. The molecule has 24 heavy (non-hydrogen) atoms. The molecule has 0 saturated carbocycles. The second-order valence-electron chi connectivity index (χ2n) is 5.97. The number of carbonyl (C=O) groups excluding carboxylic acids is 1. The third-order valence-corrected chi connectivity index (χ3v) is 5.11. The van der Waals surface area contributed by atoms with Crippen molar-refractivity contribution in [3.8, 4) is 6.07 Å². The van der Waals surface area contributed by atoms with Crippen LogP contribution in [0.1, 0.15) is 16.7 Å². The van der Waals surface area contributed by atoms with Gasteiger partial charge in [-0.25, -0.2) is 4.79 Å². The van der Waals surface area contributed by atoms with Gasteiger partial charge in [0.1, 0.15) is 0 Å². The summed E-state index contributed by atoms with van der Waals surface area (Å²) >= 11 is 1.60. The van der Waals surface area contributed by atoms with Crippen LogP contribution in [0, 0.1) is 18.3 Å². The van der Waals surface area contributed by atoms with Crippen LogP contribution in [0.5, 0.6) is 0 Å². The van der Waals surface area contributed by atoms with Gasteiger partial charge in [-0.15, -0.1) is 11.3 Å². The van der Waals surface area contributed by atoms with Crippen molar-refractivity contribution in [2.24, 2.45) is 0 Å². The van der Waals surface area contributed by atoms with Crippen LogP contribution in [0.15, 0.2) is 35.0 Å². The number of carbonyl (C=O) groups is 1. The number of aryl methyl sites for hydroxylation is 1. The van der Waals surface area contributed by atoms with Gasteiger partial charge in [0.2, 0.25) is 0 Å². The Labute approximate surface area is 146 Å². The topological polar surface area (TPSA) is 59.4 Å². The summed E-state index contributed by atoms with van der Waals surface area (Å²) in [5, 5.41) is 15.8. The SMILES string of the molecule is Cc1cscc1NC(=O)N1CCN(Cc2ccc(C#N)cc2)CC1. The first-order chi connectivity index (χ1) is 11.7. The number of hydrogen-bond donors (Lipinski definition) is 1. The average Bonchev–Trinajstić information content (AvgIpc) is 3.01. The second-order valence-corrected chi connectivity index (χ2v) is 6.71. The summed E-state index contributed by atoms with van der Waals surface area (Å²) in [6, 6.07) is 9.81. The summed E-state index contributed by atoms with van der Waals surface area (Å²) in [5.74, 6) is 0. The lowest BCUT2D eigenvalue weighted by Crippen LogP contribution is -2.49. The summed E-state index contributed by atoms with van der Waals surface area (Å²) < 4.78 is 0. The normalized spacial score (nSPS) is 15.1. The number of nitriles is 1. The maximum atomic E-state index is 12.3. The molecule has 1 saturated heterocycles. The molecule has 1 fully saturated rings. The minimum atomic E-state index is -0.0190. The number of amides is 2. The van der Waals surface area contributed by atoms with E-state index in [9.17, 15) is 4.79 Å². The molecule has 0 atom stereocenters. The van der Waals surface area contributed by atoms with E-state index in [1.165, 1.54) is 5.56 Å². The first-order valence-electron chi connectivity index (χ1n) is 7.96. The van der Waals surface area contributed by atoms with Crippen LogP contribution in [0.2, 0.25) is 0 Å². The molecule has 1 aliphatic rings. The highest BCUT2D eigenvalue weighted by molar-refractivity contribution is 7.08. The van der Waals surface area contributed by atoms with Crippen LogP contribution < -0.4 is 5.32 Å². The van der Waals surface area contributed by atoms with Crippen molar-refractivity contribution in [3.63, 3.8) is 0 Å². The predicted molar refractivity (Wildman–Crippen MR) is 96.1 cm³/mol. The van der Waals surface area contributed by atoms with Crippen molar-refractivity contribution < 1.29 is 4.79 Å². The van der Waals surface area contributed by atoms with E-state index in [1.807, 2.05) is 46.8 Å². The average molecular weight is 340 g/mol. The van der Waals surface area contributed by atoms with E-state index in [-0.39, 0.29) is 6.03 Å². The number of benzene rings is 1. The lowest BCUT2D eigenvalue weighted by molar-refractivity contribution is 0.143. The third kappa shape index (κ3) is 3.94. The Morgan fingerprint density at radius 2 is 1.92 bits per heavy atom. The predicted octanol–water partition coefficient (Wildman–Crippen LogP) is 3.28. The number of nitrogens with zero attached hydrogens (tertiary/aromatic N) is 3. The Kier molecular flexibility index (Phi) is 5.14. The van der Waals surface area contributed by atoms with Gasteiger partial charge in [-0.1, -0.05) is 12.1 Å². The zero-order valence-corrected chi connectivity index (χ0v) is 14.5. The van der Waals surface area contributed by atoms with Gasteiger partial charge < -0.3 is 10.2 Å². The minimum absolute atomic E-state index is 0.0190. The molecule has 3 rings (SSSR count). The molecule has 1 aromatic heterocycles. The fourth-order valence-electron chi connectivity index (χ4n) is 2.73. The van der Waals surface area contributed by atoms with Crippen molar-refractivity contribution in [1.29, 1.82) is 5.26 Å². The van der Waals surface area contributed by atoms with Crippen LogP contribution >= 0.6 is 11.3 Å². The number of nitrogens with one attached hydrogen (secondary N) is 1. The van der Waals surface area contributed by atoms with Gasteiger partial charge in [0.15, 0.2) is 0 Å². The molecule has 6 heteroatoms. The molecule has 2 amide bonds. The maximum Gasteiger partial charge on any atom is 0.321 e. The zero-order valence-electron chi connectivity index (χ0n) is 13.7.